The van der Waals surface area contributed by atoms with Gasteiger partial charge in [-0.05, 0) is 30.9 Å². The van der Waals surface area contributed by atoms with Crippen molar-refractivity contribution in [2.24, 2.45) is 0 Å². The number of nitrogens with one attached hydrogen (secondary N) is 1. The quantitative estimate of drug-likeness (QED) is 0.699. The summed E-state index contributed by atoms with van der Waals surface area (Å²) in [5.41, 5.74) is 4.06. The van der Waals surface area contributed by atoms with Crippen molar-refractivity contribution in [1.29, 1.82) is 0 Å². The van der Waals surface area contributed by atoms with Crippen molar-refractivity contribution < 1.29 is 9.90 Å². The number of aromatic nitrogens is 4. The second-order valence-electron chi connectivity index (χ2n) is 6.73. The number of nitrogens with zero attached hydrogens (tertiary/aromatic N) is 4. The summed E-state index contributed by atoms with van der Waals surface area (Å²) in [4.78, 5) is 24.2. The summed E-state index contributed by atoms with van der Waals surface area (Å²) >= 11 is 0. The molecule has 138 valence electrons. The monoisotopic (exact) mass is 363 g/mol. The topological polar surface area (TPSA) is 92.9 Å². The highest BCUT2D eigenvalue weighted by Gasteiger charge is 2.21. The Labute approximate surface area is 157 Å². The number of aliphatic carboxylic acids is 1. The highest BCUT2D eigenvalue weighted by atomic mass is 16.4. The maximum absolute atomic E-state index is 10.9. The van der Waals surface area contributed by atoms with E-state index in [4.69, 9.17) is 5.11 Å². The van der Waals surface area contributed by atoms with Gasteiger partial charge in [-0.1, -0.05) is 24.3 Å². The van der Waals surface area contributed by atoms with Gasteiger partial charge < -0.3 is 15.0 Å². The highest BCUT2D eigenvalue weighted by molar-refractivity contribution is 5.70. The van der Waals surface area contributed by atoms with Crippen molar-refractivity contribution in [2.75, 3.05) is 5.32 Å². The fraction of sp³-hybridized carbons (Fsp3) is 0.300. The van der Waals surface area contributed by atoms with Crippen LogP contribution in [0.1, 0.15) is 23.7 Å². The Morgan fingerprint density at radius 1 is 1.22 bits per heavy atom. The fourth-order valence-corrected chi connectivity index (χ4v) is 3.54. The SMILES string of the molecule is CCn1cc(CC(=O)O)nc1-c1cnc(NC2Cc3ccccc3C2)nc1. The maximum Gasteiger partial charge on any atom is 0.309 e. The summed E-state index contributed by atoms with van der Waals surface area (Å²) in [6.07, 6.45) is 7.08. The molecular formula is C20H21N5O2. The lowest BCUT2D eigenvalue weighted by atomic mass is 10.1. The molecule has 1 aliphatic carbocycles. The molecule has 0 unspecified atom stereocenters. The second-order valence-corrected chi connectivity index (χ2v) is 6.73. The molecule has 1 aromatic carbocycles. The van der Waals surface area contributed by atoms with Crippen LogP contribution in [0.3, 0.4) is 0 Å². The van der Waals surface area contributed by atoms with E-state index in [-0.39, 0.29) is 6.42 Å². The van der Waals surface area contributed by atoms with Gasteiger partial charge in [-0.3, -0.25) is 4.79 Å². The third-order valence-electron chi connectivity index (χ3n) is 4.79. The average Bonchev–Trinajstić information content (AvgIpc) is 3.25. The molecule has 27 heavy (non-hydrogen) atoms. The van der Waals surface area contributed by atoms with Crippen LogP contribution in [0.5, 0.6) is 0 Å². The molecule has 0 saturated heterocycles. The van der Waals surface area contributed by atoms with Gasteiger partial charge in [-0.15, -0.1) is 0 Å². The Morgan fingerprint density at radius 3 is 2.48 bits per heavy atom. The Kier molecular flexibility index (Phi) is 4.58. The van der Waals surface area contributed by atoms with E-state index < -0.39 is 5.97 Å². The minimum atomic E-state index is -0.893. The van der Waals surface area contributed by atoms with Crippen LogP contribution in [0, 0.1) is 0 Å². The van der Waals surface area contributed by atoms with Crippen LogP contribution >= 0.6 is 0 Å². The van der Waals surface area contributed by atoms with E-state index >= 15 is 0 Å². The van der Waals surface area contributed by atoms with Gasteiger partial charge in [0, 0.05) is 31.2 Å². The van der Waals surface area contributed by atoms with Gasteiger partial charge in [0.05, 0.1) is 17.7 Å². The normalized spacial score (nSPS) is 13.5. The van der Waals surface area contributed by atoms with Gasteiger partial charge in [-0.2, -0.15) is 0 Å². The van der Waals surface area contributed by atoms with E-state index in [2.05, 4.69) is 44.5 Å². The Morgan fingerprint density at radius 2 is 1.89 bits per heavy atom. The molecule has 0 amide bonds. The van der Waals surface area contributed by atoms with Gasteiger partial charge in [0.2, 0.25) is 5.95 Å². The van der Waals surface area contributed by atoms with E-state index in [1.165, 1.54) is 11.1 Å². The number of anilines is 1. The molecule has 7 nitrogen and oxygen atoms in total. The number of carboxylic acids is 1. The first-order valence-electron chi connectivity index (χ1n) is 9.06. The average molecular weight is 363 g/mol. The molecule has 0 atom stereocenters. The predicted octanol–water partition coefficient (Wildman–Crippen LogP) is 2.57. The smallest absolute Gasteiger partial charge is 0.309 e. The van der Waals surface area contributed by atoms with E-state index in [0.29, 0.717) is 30.1 Å². The van der Waals surface area contributed by atoms with E-state index in [9.17, 15) is 4.79 Å². The molecule has 1 aliphatic rings. The standard InChI is InChI=1S/C20H21N5O2/c1-2-25-12-17(9-18(26)27)23-19(25)15-10-21-20(22-11-15)24-16-7-13-5-3-4-6-14(13)8-16/h3-6,10-12,16H,2,7-9H2,1H3,(H,26,27)(H,21,22,24). The van der Waals surface area contributed by atoms with Gasteiger partial charge >= 0.3 is 5.97 Å². The Balaban J connectivity index is 1.48. The molecule has 2 aromatic heterocycles. The molecule has 0 fully saturated rings. The molecule has 2 heterocycles. The molecule has 3 aromatic rings. The third-order valence-corrected chi connectivity index (χ3v) is 4.79. The second kappa shape index (κ2) is 7.19. The largest absolute Gasteiger partial charge is 0.481 e. The van der Waals surface area contributed by atoms with Crippen LogP contribution in [-0.4, -0.2) is 36.6 Å². The zero-order valence-corrected chi connectivity index (χ0v) is 15.1. The molecular weight excluding hydrogens is 342 g/mol. The number of benzene rings is 1. The first kappa shape index (κ1) is 17.2. The third kappa shape index (κ3) is 3.67. The molecule has 0 aliphatic heterocycles. The molecule has 7 heteroatoms. The van der Waals surface area contributed by atoms with Crippen molar-refractivity contribution in [3.63, 3.8) is 0 Å². The summed E-state index contributed by atoms with van der Waals surface area (Å²) < 4.78 is 1.91. The van der Waals surface area contributed by atoms with Crippen molar-refractivity contribution in [3.05, 3.63) is 59.7 Å². The highest BCUT2D eigenvalue weighted by Crippen LogP contribution is 2.24. The number of fused-ring (bicyclic) bond motifs is 1. The van der Waals surface area contributed by atoms with E-state index in [0.717, 1.165) is 18.4 Å². The molecule has 2 N–H and O–H groups in total. The van der Waals surface area contributed by atoms with Crippen molar-refractivity contribution >= 4 is 11.9 Å². The van der Waals surface area contributed by atoms with Crippen LogP contribution in [0.4, 0.5) is 5.95 Å². The molecule has 0 radical (unpaired) electrons. The van der Waals surface area contributed by atoms with Crippen molar-refractivity contribution in [2.45, 2.75) is 38.8 Å². The number of carbonyl (C=O) groups is 1. The first-order chi connectivity index (χ1) is 13.1. The van der Waals surface area contributed by atoms with Crippen LogP contribution in [0.2, 0.25) is 0 Å². The van der Waals surface area contributed by atoms with Crippen LogP contribution in [0.15, 0.2) is 42.9 Å². The number of rotatable bonds is 6. The summed E-state index contributed by atoms with van der Waals surface area (Å²) in [5, 5.41) is 12.4. The van der Waals surface area contributed by atoms with Crippen molar-refractivity contribution in [3.8, 4) is 11.4 Å². The van der Waals surface area contributed by atoms with Crippen LogP contribution < -0.4 is 5.32 Å². The summed E-state index contributed by atoms with van der Waals surface area (Å²) in [7, 11) is 0. The summed E-state index contributed by atoms with van der Waals surface area (Å²) in [6.45, 7) is 2.69. The first-order valence-corrected chi connectivity index (χ1v) is 9.06. The summed E-state index contributed by atoms with van der Waals surface area (Å²) in [5.74, 6) is 0.390. The minimum absolute atomic E-state index is 0.0945. The number of hydrogen-bond acceptors (Lipinski definition) is 5. The minimum Gasteiger partial charge on any atom is -0.481 e. The number of carboxylic acid groups (broad SMARTS) is 1. The number of aryl methyl sites for hydroxylation is 1. The number of imidazole rings is 1. The van der Waals surface area contributed by atoms with Crippen LogP contribution in [-0.2, 0) is 30.6 Å². The maximum atomic E-state index is 10.9. The van der Waals surface area contributed by atoms with Crippen LogP contribution in [0.25, 0.3) is 11.4 Å². The molecule has 0 bridgehead atoms. The van der Waals surface area contributed by atoms with Gasteiger partial charge in [0.15, 0.2) is 0 Å². The molecule has 0 spiro atoms. The Bertz CT molecular complexity index is 940. The summed E-state index contributed by atoms with van der Waals surface area (Å²) in [6, 6.07) is 8.77. The Hall–Kier alpha value is -3.22. The molecule has 0 saturated carbocycles. The lowest BCUT2D eigenvalue weighted by Crippen LogP contribution is -2.21. The number of hydrogen-bond donors (Lipinski definition) is 2. The molecule has 4 rings (SSSR count). The lowest BCUT2D eigenvalue weighted by molar-refractivity contribution is -0.136. The zero-order valence-electron chi connectivity index (χ0n) is 15.1. The zero-order chi connectivity index (χ0) is 18.8. The van der Waals surface area contributed by atoms with E-state index in [1.54, 1.807) is 18.6 Å². The van der Waals surface area contributed by atoms with Gasteiger partial charge in [0.25, 0.3) is 0 Å². The van der Waals surface area contributed by atoms with E-state index in [1.807, 2.05) is 11.5 Å². The lowest BCUT2D eigenvalue weighted by Gasteiger charge is -2.12. The van der Waals surface area contributed by atoms with Gasteiger partial charge in [-0.25, -0.2) is 15.0 Å². The van der Waals surface area contributed by atoms with Gasteiger partial charge in [0.1, 0.15) is 5.82 Å². The van der Waals surface area contributed by atoms with Crippen molar-refractivity contribution in [1.82, 2.24) is 19.5 Å². The predicted molar refractivity (Wildman–Crippen MR) is 102 cm³/mol. The fourth-order valence-electron chi connectivity index (χ4n) is 3.54.